The number of hydrogen-bond acceptors (Lipinski definition) is 3. The number of pyridine rings is 1. The summed E-state index contributed by atoms with van der Waals surface area (Å²) in [6.07, 6.45) is -3.98. The highest BCUT2D eigenvalue weighted by Gasteiger charge is 2.36. The van der Waals surface area contributed by atoms with Gasteiger partial charge in [0.15, 0.2) is 0 Å². The first-order chi connectivity index (χ1) is 7.36. The quantitative estimate of drug-likeness (QED) is 0.470. The Morgan fingerprint density at radius 3 is 2.69 bits per heavy atom. The van der Waals surface area contributed by atoms with Crippen LogP contribution in [0.25, 0.3) is 0 Å². The number of halogens is 4. The summed E-state index contributed by atoms with van der Waals surface area (Å²) in [4.78, 5) is 14.8. The van der Waals surface area contributed by atoms with Crippen molar-refractivity contribution in [1.82, 2.24) is 4.98 Å². The Kier molecular flexibility index (Phi) is 4.11. The maximum absolute atomic E-state index is 12.5. The largest absolute Gasteiger partial charge is 0.462 e. The van der Waals surface area contributed by atoms with Crippen LogP contribution >= 0.6 is 22.6 Å². The van der Waals surface area contributed by atoms with E-state index in [4.69, 9.17) is 0 Å². The lowest BCUT2D eigenvalue weighted by atomic mass is 10.1. The van der Waals surface area contributed by atoms with E-state index in [1.807, 2.05) is 0 Å². The highest BCUT2D eigenvalue weighted by atomic mass is 127. The van der Waals surface area contributed by atoms with Crippen LogP contribution in [0.2, 0.25) is 0 Å². The molecule has 0 saturated heterocycles. The molecule has 0 aliphatic heterocycles. The fraction of sp³-hybridized carbons (Fsp3) is 0.333. The Morgan fingerprint density at radius 1 is 1.56 bits per heavy atom. The van der Waals surface area contributed by atoms with Crippen molar-refractivity contribution < 1.29 is 22.7 Å². The molecule has 7 heteroatoms. The van der Waals surface area contributed by atoms with Gasteiger partial charge >= 0.3 is 12.1 Å². The third-order valence-corrected chi connectivity index (χ3v) is 2.26. The summed E-state index contributed by atoms with van der Waals surface area (Å²) in [7, 11) is 0. The number of rotatable bonds is 2. The zero-order chi connectivity index (χ0) is 12.3. The normalized spacial score (nSPS) is 11.3. The van der Waals surface area contributed by atoms with Gasteiger partial charge in [-0.25, -0.2) is 9.78 Å². The first-order valence-electron chi connectivity index (χ1n) is 4.26. The minimum Gasteiger partial charge on any atom is -0.462 e. The molecule has 0 atom stereocenters. The van der Waals surface area contributed by atoms with E-state index in [-0.39, 0.29) is 6.61 Å². The maximum atomic E-state index is 12.5. The van der Waals surface area contributed by atoms with Crippen LogP contribution in [-0.4, -0.2) is 17.6 Å². The van der Waals surface area contributed by atoms with Gasteiger partial charge in [-0.1, -0.05) is 0 Å². The van der Waals surface area contributed by atoms with Crippen molar-refractivity contribution >= 4 is 28.6 Å². The zero-order valence-electron chi connectivity index (χ0n) is 8.14. The van der Waals surface area contributed by atoms with E-state index in [1.165, 1.54) is 6.92 Å². The van der Waals surface area contributed by atoms with E-state index in [9.17, 15) is 18.0 Å². The molecule has 1 heterocycles. The summed E-state index contributed by atoms with van der Waals surface area (Å²) in [5.74, 6) is -0.991. The Hall–Kier alpha value is -0.860. The van der Waals surface area contributed by atoms with Gasteiger partial charge in [-0.05, 0) is 35.6 Å². The Balaban J connectivity index is 3.24. The molecule has 0 N–H and O–H groups in total. The zero-order valence-corrected chi connectivity index (χ0v) is 10.3. The van der Waals surface area contributed by atoms with Crippen LogP contribution in [0.15, 0.2) is 12.3 Å². The Labute approximate surface area is 103 Å². The van der Waals surface area contributed by atoms with Crippen LogP contribution in [0.4, 0.5) is 13.2 Å². The van der Waals surface area contributed by atoms with Crippen molar-refractivity contribution in [2.24, 2.45) is 0 Å². The second kappa shape index (κ2) is 4.98. The Morgan fingerprint density at radius 2 is 2.19 bits per heavy atom. The SMILES string of the molecule is CCOC(=O)c1cc(I)ncc1C(F)(F)F. The van der Waals surface area contributed by atoms with Crippen molar-refractivity contribution in [3.63, 3.8) is 0 Å². The number of ether oxygens (including phenoxy) is 1. The third-order valence-electron chi connectivity index (χ3n) is 1.67. The van der Waals surface area contributed by atoms with E-state index in [2.05, 4.69) is 9.72 Å². The van der Waals surface area contributed by atoms with Crippen molar-refractivity contribution in [3.8, 4) is 0 Å². The van der Waals surface area contributed by atoms with Crippen LogP contribution in [-0.2, 0) is 10.9 Å². The number of hydrogen-bond donors (Lipinski definition) is 0. The maximum Gasteiger partial charge on any atom is 0.418 e. The number of esters is 1. The van der Waals surface area contributed by atoms with Gasteiger partial charge in [-0.15, -0.1) is 0 Å². The van der Waals surface area contributed by atoms with Gasteiger partial charge in [0.2, 0.25) is 0 Å². The molecule has 0 aliphatic carbocycles. The molecular formula is C9H7F3INO2. The van der Waals surface area contributed by atoms with Crippen molar-refractivity contribution in [1.29, 1.82) is 0 Å². The van der Waals surface area contributed by atoms with E-state index in [0.29, 0.717) is 9.90 Å². The van der Waals surface area contributed by atoms with Gasteiger partial charge in [0, 0.05) is 6.20 Å². The van der Waals surface area contributed by atoms with Gasteiger partial charge in [0.25, 0.3) is 0 Å². The average Bonchev–Trinajstić information content (AvgIpc) is 2.16. The van der Waals surface area contributed by atoms with E-state index < -0.39 is 23.3 Å². The molecule has 0 saturated carbocycles. The number of alkyl halides is 3. The third kappa shape index (κ3) is 3.06. The average molecular weight is 345 g/mol. The summed E-state index contributed by atoms with van der Waals surface area (Å²) < 4.78 is 42.4. The molecule has 0 amide bonds. The molecule has 0 spiro atoms. The van der Waals surface area contributed by atoms with Crippen LogP contribution in [0.1, 0.15) is 22.8 Å². The standard InChI is InChI=1S/C9H7F3INO2/c1-2-16-8(15)5-3-7(13)14-4-6(5)9(10,11)12/h3-4H,2H2,1H3. The molecule has 16 heavy (non-hydrogen) atoms. The molecule has 0 bridgehead atoms. The van der Waals surface area contributed by atoms with Crippen LogP contribution in [0, 0.1) is 3.70 Å². The van der Waals surface area contributed by atoms with Gasteiger partial charge < -0.3 is 4.74 Å². The molecule has 1 rings (SSSR count). The molecule has 0 radical (unpaired) electrons. The summed E-state index contributed by atoms with van der Waals surface area (Å²) in [6.45, 7) is 1.55. The summed E-state index contributed by atoms with van der Waals surface area (Å²) in [5.41, 5.74) is -1.58. The predicted octanol–water partition coefficient (Wildman–Crippen LogP) is 2.88. The van der Waals surface area contributed by atoms with E-state index in [1.54, 1.807) is 22.6 Å². The van der Waals surface area contributed by atoms with Crippen molar-refractivity contribution in [2.75, 3.05) is 6.61 Å². The molecule has 1 aromatic rings. The van der Waals surface area contributed by atoms with Gasteiger partial charge in [0.05, 0.1) is 17.7 Å². The molecule has 88 valence electrons. The number of nitrogens with zero attached hydrogens (tertiary/aromatic N) is 1. The molecular weight excluding hydrogens is 338 g/mol. The topological polar surface area (TPSA) is 39.2 Å². The fourth-order valence-corrected chi connectivity index (χ4v) is 1.48. The molecule has 0 aliphatic rings. The second-order valence-corrected chi connectivity index (χ2v) is 3.88. The monoisotopic (exact) mass is 345 g/mol. The lowest BCUT2D eigenvalue weighted by Crippen LogP contribution is -2.16. The minimum atomic E-state index is -4.61. The summed E-state index contributed by atoms with van der Waals surface area (Å²) >= 11 is 1.73. The van der Waals surface area contributed by atoms with E-state index >= 15 is 0 Å². The van der Waals surface area contributed by atoms with Crippen molar-refractivity contribution in [3.05, 3.63) is 27.1 Å². The predicted molar refractivity (Wildman–Crippen MR) is 57.9 cm³/mol. The lowest BCUT2D eigenvalue weighted by molar-refractivity contribution is -0.138. The van der Waals surface area contributed by atoms with Crippen LogP contribution in [0.5, 0.6) is 0 Å². The van der Waals surface area contributed by atoms with Gasteiger partial charge in [-0.2, -0.15) is 13.2 Å². The van der Waals surface area contributed by atoms with Crippen LogP contribution < -0.4 is 0 Å². The number of carbonyl (C=O) groups is 1. The molecule has 0 aromatic carbocycles. The highest BCUT2D eigenvalue weighted by Crippen LogP contribution is 2.32. The number of aromatic nitrogens is 1. The first kappa shape index (κ1) is 13.2. The summed E-state index contributed by atoms with van der Waals surface area (Å²) in [6, 6.07) is 1.06. The smallest absolute Gasteiger partial charge is 0.418 e. The molecule has 0 unspecified atom stereocenters. The second-order valence-electron chi connectivity index (χ2n) is 2.77. The van der Waals surface area contributed by atoms with Crippen molar-refractivity contribution in [2.45, 2.75) is 13.1 Å². The number of carbonyl (C=O) groups excluding carboxylic acids is 1. The molecule has 1 aromatic heterocycles. The van der Waals surface area contributed by atoms with Crippen LogP contribution in [0.3, 0.4) is 0 Å². The fourth-order valence-electron chi connectivity index (χ4n) is 1.03. The highest BCUT2D eigenvalue weighted by molar-refractivity contribution is 14.1. The Bertz CT molecular complexity index is 406. The summed E-state index contributed by atoms with van der Waals surface area (Å²) in [5, 5.41) is 0. The minimum absolute atomic E-state index is 0.0228. The van der Waals surface area contributed by atoms with Gasteiger partial charge in [0.1, 0.15) is 3.70 Å². The first-order valence-corrected chi connectivity index (χ1v) is 5.34. The van der Waals surface area contributed by atoms with E-state index in [0.717, 1.165) is 6.07 Å². The molecule has 0 fully saturated rings. The van der Waals surface area contributed by atoms with Gasteiger partial charge in [-0.3, -0.25) is 0 Å². The molecule has 3 nitrogen and oxygen atoms in total. The lowest BCUT2D eigenvalue weighted by Gasteiger charge is -2.11.